The lowest BCUT2D eigenvalue weighted by atomic mass is 9.96. The monoisotopic (exact) mass is 258 g/mol. The number of alkyl halides is 1. The Labute approximate surface area is 111 Å². The van der Waals surface area contributed by atoms with Gasteiger partial charge in [0, 0.05) is 0 Å². The van der Waals surface area contributed by atoms with Gasteiger partial charge in [-0.15, -0.1) is 0 Å². The second-order valence-electron chi connectivity index (χ2n) is 4.37. The number of rotatable bonds is 5. The summed E-state index contributed by atoms with van der Waals surface area (Å²) < 4.78 is 13.1. The molecule has 0 aliphatic carbocycles. The van der Waals surface area contributed by atoms with Gasteiger partial charge in [-0.25, -0.2) is 9.18 Å². The van der Waals surface area contributed by atoms with Crippen LogP contribution in [0.4, 0.5) is 4.39 Å². The molecule has 0 amide bonds. The van der Waals surface area contributed by atoms with Crippen LogP contribution in [0, 0.1) is 0 Å². The van der Waals surface area contributed by atoms with Gasteiger partial charge >= 0.3 is 5.97 Å². The van der Waals surface area contributed by atoms with Crippen molar-refractivity contribution >= 4 is 5.97 Å². The van der Waals surface area contributed by atoms with Gasteiger partial charge in [-0.3, -0.25) is 0 Å². The van der Waals surface area contributed by atoms with Crippen molar-refractivity contribution < 1.29 is 14.3 Å². The fourth-order valence-corrected chi connectivity index (χ4v) is 2.04. The molecule has 1 atom stereocenters. The van der Waals surface area contributed by atoms with Crippen molar-refractivity contribution in [1.29, 1.82) is 0 Å². The van der Waals surface area contributed by atoms with E-state index in [0.717, 1.165) is 16.7 Å². The van der Waals surface area contributed by atoms with E-state index in [1.807, 2.05) is 54.6 Å². The molecule has 1 N–H and O–H groups in total. The average molecular weight is 258 g/mol. The van der Waals surface area contributed by atoms with Crippen LogP contribution in [0.2, 0.25) is 0 Å². The van der Waals surface area contributed by atoms with Gasteiger partial charge in [0.1, 0.15) is 0 Å². The molecule has 2 aromatic rings. The first-order valence-electron chi connectivity index (χ1n) is 6.18. The van der Waals surface area contributed by atoms with E-state index in [9.17, 15) is 9.18 Å². The number of hydrogen-bond acceptors (Lipinski definition) is 1. The highest BCUT2D eigenvalue weighted by Gasteiger charge is 2.16. The summed E-state index contributed by atoms with van der Waals surface area (Å²) in [4.78, 5) is 10.5. The molecule has 2 nitrogen and oxygen atoms in total. The van der Waals surface area contributed by atoms with E-state index in [4.69, 9.17) is 5.11 Å². The van der Waals surface area contributed by atoms with Crippen molar-refractivity contribution in [3.8, 4) is 11.1 Å². The van der Waals surface area contributed by atoms with Crippen LogP contribution in [0.5, 0.6) is 0 Å². The van der Waals surface area contributed by atoms with Gasteiger partial charge in [-0.05, 0) is 29.5 Å². The molecule has 0 saturated carbocycles. The molecule has 98 valence electrons. The van der Waals surface area contributed by atoms with Gasteiger partial charge in [-0.2, -0.15) is 0 Å². The molecule has 3 heteroatoms. The van der Waals surface area contributed by atoms with Crippen LogP contribution in [-0.4, -0.2) is 17.2 Å². The molecule has 0 spiro atoms. The number of hydrogen-bond donors (Lipinski definition) is 1. The van der Waals surface area contributed by atoms with E-state index < -0.39 is 12.1 Å². The summed E-state index contributed by atoms with van der Waals surface area (Å²) in [6.07, 6.45) is -1.39. The van der Waals surface area contributed by atoms with Crippen LogP contribution in [0.15, 0.2) is 54.6 Å². The van der Waals surface area contributed by atoms with E-state index in [1.54, 1.807) is 0 Å². The maximum Gasteiger partial charge on any atom is 0.338 e. The standard InChI is InChI=1S/C16H15FO2/c17-15(16(18)19)11-10-13-8-4-5-9-14(13)12-6-2-1-3-7-12/h1-9,15H,10-11H2,(H,18,19). The molecule has 1 unspecified atom stereocenters. The molecule has 19 heavy (non-hydrogen) atoms. The van der Waals surface area contributed by atoms with Crippen molar-refractivity contribution in [2.45, 2.75) is 19.0 Å². The zero-order valence-electron chi connectivity index (χ0n) is 10.4. The summed E-state index contributed by atoms with van der Waals surface area (Å²) >= 11 is 0. The number of aliphatic carboxylic acids is 1. The first-order chi connectivity index (χ1) is 9.18. The maximum atomic E-state index is 13.1. The highest BCUT2D eigenvalue weighted by molar-refractivity contribution is 5.72. The Hall–Kier alpha value is -2.16. The van der Waals surface area contributed by atoms with Crippen LogP contribution in [-0.2, 0) is 11.2 Å². The van der Waals surface area contributed by atoms with Crippen LogP contribution in [0.25, 0.3) is 11.1 Å². The molecule has 0 aliphatic heterocycles. The smallest absolute Gasteiger partial charge is 0.338 e. The van der Waals surface area contributed by atoms with E-state index in [1.165, 1.54) is 0 Å². The zero-order valence-corrected chi connectivity index (χ0v) is 10.4. The van der Waals surface area contributed by atoms with Gasteiger partial charge in [-0.1, -0.05) is 54.6 Å². The van der Waals surface area contributed by atoms with Crippen molar-refractivity contribution in [2.75, 3.05) is 0 Å². The predicted octanol–water partition coefficient (Wildman–Crippen LogP) is 3.71. The summed E-state index contributed by atoms with van der Waals surface area (Å²) in [6.45, 7) is 0. The van der Waals surface area contributed by atoms with Crippen LogP contribution in [0.3, 0.4) is 0 Å². The fraction of sp³-hybridized carbons (Fsp3) is 0.188. The highest BCUT2D eigenvalue weighted by Crippen LogP contribution is 2.24. The lowest BCUT2D eigenvalue weighted by Gasteiger charge is -2.10. The van der Waals surface area contributed by atoms with E-state index in [2.05, 4.69) is 0 Å². The number of aryl methyl sites for hydroxylation is 1. The minimum atomic E-state index is -1.80. The average Bonchev–Trinajstić information content (AvgIpc) is 2.46. The van der Waals surface area contributed by atoms with Gasteiger partial charge in [0.05, 0.1) is 0 Å². The second-order valence-corrected chi connectivity index (χ2v) is 4.37. The summed E-state index contributed by atoms with van der Waals surface area (Å²) in [5.74, 6) is -1.39. The molecule has 0 bridgehead atoms. The Morgan fingerprint density at radius 3 is 2.37 bits per heavy atom. The molecular formula is C16H15FO2. The quantitative estimate of drug-likeness (QED) is 0.887. The second kappa shape index (κ2) is 6.14. The minimum Gasteiger partial charge on any atom is -0.479 e. The Morgan fingerprint density at radius 2 is 1.68 bits per heavy atom. The summed E-state index contributed by atoms with van der Waals surface area (Å²) in [7, 11) is 0. The molecular weight excluding hydrogens is 243 g/mol. The van der Waals surface area contributed by atoms with Crippen molar-refractivity contribution in [3.05, 3.63) is 60.2 Å². The lowest BCUT2D eigenvalue weighted by Crippen LogP contribution is -2.15. The van der Waals surface area contributed by atoms with E-state index in [0.29, 0.717) is 6.42 Å². The van der Waals surface area contributed by atoms with E-state index >= 15 is 0 Å². The number of carboxylic acids is 1. The Morgan fingerprint density at radius 1 is 1.05 bits per heavy atom. The van der Waals surface area contributed by atoms with Gasteiger partial charge in [0.2, 0.25) is 0 Å². The first-order valence-corrected chi connectivity index (χ1v) is 6.18. The van der Waals surface area contributed by atoms with Crippen molar-refractivity contribution in [2.24, 2.45) is 0 Å². The SMILES string of the molecule is O=C(O)C(F)CCc1ccccc1-c1ccccc1. The molecule has 0 aliphatic rings. The molecule has 0 heterocycles. The Balaban J connectivity index is 2.20. The third kappa shape index (κ3) is 3.41. The molecule has 0 radical (unpaired) electrons. The Kier molecular flexibility index (Phi) is 4.29. The summed E-state index contributed by atoms with van der Waals surface area (Å²) in [5, 5.41) is 8.57. The molecule has 0 aromatic heterocycles. The van der Waals surface area contributed by atoms with Crippen LogP contribution < -0.4 is 0 Å². The van der Waals surface area contributed by atoms with Gasteiger partial charge < -0.3 is 5.11 Å². The zero-order chi connectivity index (χ0) is 13.7. The predicted molar refractivity (Wildman–Crippen MR) is 72.7 cm³/mol. The maximum absolute atomic E-state index is 13.1. The molecule has 2 aromatic carbocycles. The molecule has 0 saturated heterocycles. The third-order valence-corrected chi connectivity index (χ3v) is 3.04. The Bertz CT molecular complexity index is 552. The van der Waals surface area contributed by atoms with Crippen molar-refractivity contribution in [3.63, 3.8) is 0 Å². The number of carboxylic acid groups (broad SMARTS) is 1. The van der Waals surface area contributed by atoms with Crippen molar-refractivity contribution in [1.82, 2.24) is 0 Å². The van der Waals surface area contributed by atoms with Gasteiger partial charge in [0.25, 0.3) is 0 Å². The van der Waals surface area contributed by atoms with Crippen LogP contribution >= 0.6 is 0 Å². The van der Waals surface area contributed by atoms with E-state index in [-0.39, 0.29) is 6.42 Å². The molecule has 2 rings (SSSR count). The summed E-state index contributed by atoms with van der Waals surface area (Å²) in [6, 6.07) is 17.5. The third-order valence-electron chi connectivity index (χ3n) is 3.04. The number of halogens is 1. The highest BCUT2D eigenvalue weighted by atomic mass is 19.1. The molecule has 0 fully saturated rings. The lowest BCUT2D eigenvalue weighted by molar-refractivity contribution is -0.142. The number of carbonyl (C=O) groups is 1. The first kappa shape index (κ1) is 13.3. The van der Waals surface area contributed by atoms with Crippen LogP contribution in [0.1, 0.15) is 12.0 Å². The fourth-order valence-electron chi connectivity index (χ4n) is 2.04. The summed E-state index contributed by atoms with van der Waals surface area (Å²) in [5.41, 5.74) is 3.06. The van der Waals surface area contributed by atoms with Gasteiger partial charge in [0.15, 0.2) is 6.17 Å². The number of benzene rings is 2. The normalized spacial score (nSPS) is 12.1. The largest absolute Gasteiger partial charge is 0.479 e. The minimum absolute atomic E-state index is 0.000813. The topological polar surface area (TPSA) is 37.3 Å².